The van der Waals surface area contributed by atoms with Gasteiger partial charge in [-0.25, -0.2) is 4.98 Å². The van der Waals surface area contributed by atoms with Crippen molar-refractivity contribution >= 4 is 17.2 Å². The Balaban J connectivity index is 1.12. The van der Waals surface area contributed by atoms with Crippen LogP contribution in [0.2, 0.25) is 0 Å². The average molecular weight is 436 g/mol. The van der Waals surface area contributed by atoms with Gasteiger partial charge in [0.05, 0.1) is 17.8 Å². The first kappa shape index (κ1) is 20.0. The van der Waals surface area contributed by atoms with Crippen molar-refractivity contribution in [3.05, 3.63) is 75.7 Å². The molecule has 31 heavy (non-hydrogen) atoms. The molecule has 3 aromatic rings. The van der Waals surface area contributed by atoms with E-state index in [9.17, 15) is 4.79 Å². The summed E-state index contributed by atoms with van der Waals surface area (Å²) in [7, 11) is 0. The van der Waals surface area contributed by atoms with Gasteiger partial charge in [-0.15, -0.1) is 11.3 Å². The summed E-state index contributed by atoms with van der Waals surface area (Å²) in [6.07, 6.45) is 1.00. The van der Waals surface area contributed by atoms with Crippen LogP contribution in [0.5, 0.6) is 11.5 Å². The summed E-state index contributed by atoms with van der Waals surface area (Å²) < 4.78 is 11.3. The second kappa shape index (κ2) is 9.08. The first-order valence-corrected chi connectivity index (χ1v) is 11.5. The zero-order chi connectivity index (χ0) is 21.0. The van der Waals surface area contributed by atoms with Crippen LogP contribution in [0.25, 0.3) is 0 Å². The Morgan fingerprint density at radius 1 is 1.10 bits per heavy atom. The van der Waals surface area contributed by atoms with Crippen molar-refractivity contribution < 1.29 is 14.3 Å². The number of benzene rings is 2. The van der Waals surface area contributed by atoms with Crippen LogP contribution in [-0.2, 0) is 19.6 Å². The van der Waals surface area contributed by atoms with Crippen LogP contribution in [0.15, 0.2) is 53.4 Å². The van der Waals surface area contributed by atoms with E-state index in [4.69, 9.17) is 9.47 Å². The summed E-state index contributed by atoms with van der Waals surface area (Å²) >= 11 is 1.55. The smallest absolute Gasteiger partial charge is 0.253 e. The van der Waals surface area contributed by atoms with Crippen LogP contribution in [0, 0.1) is 0 Å². The SMILES string of the molecule is O=C(c1ccc(OCc2cscn2)cc1)N1CCN(Cc2ccc3c(c2)CCO3)CC1. The minimum Gasteiger partial charge on any atom is -0.493 e. The van der Waals surface area contributed by atoms with Gasteiger partial charge >= 0.3 is 0 Å². The number of hydrogen-bond donors (Lipinski definition) is 0. The number of rotatable bonds is 6. The number of amides is 1. The molecule has 0 bridgehead atoms. The molecule has 1 fully saturated rings. The van der Waals surface area contributed by atoms with E-state index in [2.05, 4.69) is 28.1 Å². The molecule has 0 spiro atoms. The molecule has 0 radical (unpaired) electrons. The minimum atomic E-state index is 0.0837. The molecule has 0 aliphatic carbocycles. The highest BCUT2D eigenvalue weighted by molar-refractivity contribution is 7.07. The number of carbonyl (C=O) groups excluding carboxylic acids is 1. The van der Waals surface area contributed by atoms with Gasteiger partial charge in [0.2, 0.25) is 0 Å². The summed E-state index contributed by atoms with van der Waals surface area (Å²) in [5, 5.41) is 1.97. The zero-order valence-electron chi connectivity index (χ0n) is 17.3. The molecule has 2 aliphatic heterocycles. The van der Waals surface area contributed by atoms with E-state index >= 15 is 0 Å². The number of carbonyl (C=O) groups is 1. The van der Waals surface area contributed by atoms with Crippen molar-refractivity contribution in [3.8, 4) is 11.5 Å². The van der Waals surface area contributed by atoms with Crippen molar-refractivity contribution in [1.82, 2.24) is 14.8 Å². The Kier molecular flexibility index (Phi) is 5.86. The van der Waals surface area contributed by atoms with Gasteiger partial charge in [0, 0.05) is 50.1 Å². The molecule has 0 saturated carbocycles. The molecule has 1 amide bonds. The predicted molar refractivity (Wildman–Crippen MR) is 120 cm³/mol. The molecule has 1 saturated heterocycles. The molecule has 0 unspecified atom stereocenters. The zero-order valence-corrected chi connectivity index (χ0v) is 18.1. The van der Waals surface area contributed by atoms with Gasteiger partial charge in [0.1, 0.15) is 18.1 Å². The van der Waals surface area contributed by atoms with Crippen LogP contribution in [-0.4, -0.2) is 53.5 Å². The van der Waals surface area contributed by atoms with Crippen molar-refractivity contribution in [1.29, 1.82) is 0 Å². The van der Waals surface area contributed by atoms with Crippen molar-refractivity contribution in [2.24, 2.45) is 0 Å². The molecule has 7 heteroatoms. The topological polar surface area (TPSA) is 54.9 Å². The second-order valence-electron chi connectivity index (χ2n) is 7.90. The van der Waals surface area contributed by atoms with E-state index in [-0.39, 0.29) is 5.91 Å². The van der Waals surface area contributed by atoms with Gasteiger partial charge in [-0.05, 0) is 41.5 Å². The van der Waals surface area contributed by atoms with Crippen LogP contribution in [0.3, 0.4) is 0 Å². The molecule has 0 atom stereocenters. The third-order valence-electron chi connectivity index (χ3n) is 5.79. The maximum atomic E-state index is 12.9. The first-order chi connectivity index (χ1) is 15.2. The van der Waals surface area contributed by atoms with Crippen molar-refractivity contribution in [2.45, 2.75) is 19.6 Å². The van der Waals surface area contributed by atoms with Crippen LogP contribution < -0.4 is 9.47 Å². The number of fused-ring (bicyclic) bond motifs is 1. The quantitative estimate of drug-likeness (QED) is 0.592. The van der Waals surface area contributed by atoms with Gasteiger partial charge < -0.3 is 14.4 Å². The summed E-state index contributed by atoms with van der Waals surface area (Å²) in [6.45, 7) is 5.40. The Hall–Kier alpha value is -2.90. The van der Waals surface area contributed by atoms with Crippen LogP contribution in [0.4, 0.5) is 0 Å². The largest absolute Gasteiger partial charge is 0.493 e. The Morgan fingerprint density at radius 2 is 1.94 bits per heavy atom. The summed E-state index contributed by atoms with van der Waals surface area (Å²) in [5.41, 5.74) is 6.04. The number of ether oxygens (including phenoxy) is 2. The lowest BCUT2D eigenvalue weighted by molar-refractivity contribution is 0.0628. The van der Waals surface area contributed by atoms with E-state index in [0.29, 0.717) is 12.2 Å². The standard InChI is InChI=1S/C24H25N3O3S/c28-24(19-2-4-22(5-3-19)30-15-21-16-31-17-25-21)27-10-8-26(9-11-27)14-18-1-6-23-20(13-18)7-12-29-23/h1-6,13,16-17H,7-12,14-15H2. The van der Waals surface area contributed by atoms with Crippen LogP contribution >= 0.6 is 11.3 Å². The maximum Gasteiger partial charge on any atom is 0.253 e. The molecular weight excluding hydrogens is 410 g/mol. The van der Waals surface area contributed by atoms with Crippen molar-refractivity contribution in [2.75, 3.05) is 32.8 Å². The van der Waals surface area contributed by atoms with Gasteiger partial charge in [-0.3, -0.25) is 9.69 Å². The highest BCUT2D eigenvalue weighted by Crippen LogP contribution is 2.26. The Bertz CT molecular complexity index is 1030. The van der Waals surface area contributed by atoms with Crippen LogP contribution in [0.1, 0.15) is 27.2 Å². The van der Waals surface area contributed by atoms with E-state index in [1.807, 2.05) is 34.5 Å². The normalized spacial score (nSPS) is 16.1. The molecule has 160 valence electrons. The Labute approximate surface area is 186 Å². The Morgan fingerprint density at radius 3 is 2.71 bits per heavy atom. The molecule has 6 nitrogen and oxygen atoms in total. The third kappa shape index (κ3) is 4.73. The highest BCUT2D eigenvalue weighted by atomic mass is 32.1. The summed E-state index contributed by atoms with van der Waals surface area (Å²) in [4.78, 5) is 21.5. The number of hydrogen-bond acceptors (Lipinski definition) is 6. The second-order valence-corrected chi connectivity index (χ2v) is 8.62. The molecule has 1 aromatic heterocycles. The van der Waals surface area contributed by atoms with E-state index in [1.165, 1.54) is 11.1 Å². The first-order valence-electron chi connectivity index (χ1n) is 10.6. The predicted octanol–water partition coefficient (Wildman–Crippen LogP) is 3.62. The fourth-order valence-electron chi connectivity index (χ4n) is 4.05. The lowest BCUT2D eigenvalue weighted by Crippen LogP contribution is -2.48. The number of thiazole rings is 1. The molecule has 0 N–H and O–H groups in total. The third-order valence-corrected chi connectivity index (χ3v) is 6.43. The number of aromatic nitrogens is 1. The minimum absolute atomic E-state index is 0.0837. The highest BCUT2D eigenvalue weighted by Gasteiger charge is 2.22. The fourth-order valence-corrected chi connectivity index (χ4v) is 4.59. The number of nitrogens with zero attached hydrogens (tertiary/aromatic N) is 3. The summed E-state index contributed by atoms with van der Waals surface area (Å²) in [5.74, 6) is 1.85. The van der Waals surface area contributed by atoms with Crippen molar-refractivity contribution in [3.63, 3.8) is 0 Å². The van der Waals surface area contributed by atoms with E-state index in [0.717, 1.165) is 62.9 Å². The van der Waals surface area contributed by atoms with Gasteiger partial charge in [-0.1, -0.05) is 12.1 Å². The van der Waals surface area contributed by atoms with E-state index < -0.39 is 0 Å². The molecule has 5 rings (SSSR count). The molecule has 2 aromatic carbocycles. The molecule has 3 heterocycles. The molecule has 2 aliphatic rings. The maximum absolute atomic E-state index is 12.9. The van der Waals surface area contributed by atoms with Gasteiger partial charge in [-0.2, -0.15) is 0 Å². The number of piperazine rings is 1. The average Bonchev–Trinajstić information content (AvgIpc) is 3.50. The lowest BCUT2D eigenvalue weighted by atomic mass is 10.1. The molecular formula is C24H25N3O3S. The monoisotopic (exact) mass is 435 g/mol. The van der Waals surface area contributed by atoms with E-state index in [1.54, 1.807) is 16.8 Å². The summed E-state index contributed by atoms with van der Waals surface area (Å²) in [6, 6.07) is 13.9. The van der Waals surface area contributed by atoms with Gasteiger partial charge in [0.25, 0.3) is 5.91 Å². The van der Waals surface area contributed by atoms with Gasteiger partial charge in [0.15, 0.2) is 0 Å². The lowest BCUT2D eigenvalue weighted by Gasteiger charge is -2.34. The fraction of sp³-hybridized carbons (Fsp3) is 0.333.